The lowest BCUT2D eigenvalue weighted by molar-refractivity contribution is 0.520. The first-order chi connectivity index (χ1) is 9.61. The van der Waals surface area contributed by atoms with E-state index in [0.29, 0.717) is 0 Å². The summed E-state index contributed by atoms with van der Waals surface area (Å²) in [5.74, 6) is 0.679. The van der Waals surface area contributed by atoms with Crippen LogP contribution in [0.5, 0.6) is 0 Å². The molecule has 1 fully saturated rings. The van der Waals surface area contributed by atoms with Crippen LogP contribution in [0, 0.1) is 11.7 Å². The average Bonchev–Trinajstić information content (AvgIpc) is 2.64. The van der Waals surface area contributed by atoms with Gasteiger partial charge in [0.1, 0.15) is 5.82 Å². The first-order valence-electron chi connectivity index (χ1n) is 7.89. The molecule has 1 aromatic carbocycles. The summed E-state index contributed by atoms with van der Waals surface area (Å²) in [7, 11) is 0. The molecular weight excluding hydrogens is 251 g/mol. The molecule has 1 heterocycles. The van der Waals surface area contributed by atoms with Crippen molar-refractivity contribution in [3.63, 3.8) is 0 Å². The van der Waals surface area contributed by atoms with E-state index < -0.39 is 0 Å². The lowest BCUT2D eigenvalue weighted by Crippen LogP contribution is -2.25. The van der Waals surface area contributed by atoms with Crippen LogP contribution in [0.4, 0.5) is 10.1 Å². The van der Waals surface area contributed by atoms with Crippen LogP contribution in [-0.2, 0) is 0 Å². The first kappa shape index (κ1) is 15.3. The van der Waals surface area contributed by atoms with Gasteiger partial charge >= 0.3 is 0 Å². The van der Waals surface area contributed by atoms with Crippen LogP contribution in [-0.4, -0.2) is 19.6 Å². The highest BCUT2D eigenvalue weighted by atomic mass is 19.1. The van der Waals surface area contributed by atoms with Crippen molar-refractivity contribution in [2.24, 2.45) is 5.92 Å². The molecule has 1 saturated heterocycles. The van der Waals surface area contributed by atoms with Crippen molar-refractivity contribution in [3.8, 4) is 0 Å². The van der Waals surface area contributed by atoms with Crippen molar-refractivity contribution < 1.29 is 4.39 Å². The Morgan fingerprint density at radius 2 is 2.15 bits per heavy atom. The topological polar surface area (TPSA) is 15.3 Å². The molecule has 1 N–H and O–H groups in total. The lowest BCUT2D eigenvalue weighted by Gasteiger charge is -2.24. The van der Waals surface area contributed by atoms with Crippen LogP contribution >= 0.6 is 0 Å². The molecule has 112 valence electrons. The van der Waals surface area contributed by atoms with Gasteiger partial charge in [-0.15, -0.1) is 0 Å². The van der Waals surface area contributed by atoms with Gasteiger partial charge in [0.05, 0.1) is 5.69 Å². The molecule has 0 aliphatic carbocycles. The highest BCUT2D eigenvalue weighted by Crippen LogP contribution is 2.27. The zero-order chi connectivity index (χ0) is 14.5. The average molecular weight is 278 g/mol. The summed E-state index contributed by atoms with van der Waals surface area (Å²) in [4.78, 5) is 2.21. The Labute approximate surface area is 122 Å². The van der Waals surface area contributed by atoms with E-state index in [9.17, 15) is 4.39 Å². The Morgan fingerprint density at radius 3 is 2.85 bits per heavy atom. The maximum Gasteiger partial charge on any atom is 0.146 e. The number of nitrogens with zero attached hydrogens (tertiary/aromatic N) is 1. The predicted octanol–water partition coefficient (Wildman–Crippen LogP) is 4.12. The minimum absolute atomic E-state index is 0.0817. The molecule has 0 amide bonds. The summed E-state index contributed by atoms with van der Waals surface area (Å²) in [5.41, 5.74) is 1.79. The van der Waals surface area contributed by atoms with E-state index in [0.717, 1.165) is 49.6 Å². The zero-order valence-corrected chi connectivity index (χ0v) is 13.0. The van der Waals surface area contributed by atoms with Gasteiger partial charge in [-0.25, -0.2) is 4.39 Å². The number of hydrogen-bond donors (Lipinski definition) is 1. The van der Waals surface area contributed by atoms with Crippen molar-refractivity contribution in [1.29, 1.82) is 0 Å². The molecule has 0 spiro atoms. The number of rotatable bonds is 4. The number of halogens is 1. The molecule has 2 rings (SSSR count). The quantitative estimate of drug-likeness (QED) is 0.891. The van der Waals surface area contributed by atoms with E-state index in [1.165, 1.54) is 6.42 Å². The third kappa shape index (κ3) is 3.72. The van der Waals surface area contributed by atoms with E-state index in [1.54, 1.807) is 6.07 Å². The normalized spacial score (nSPS) is 21.6. The maximum atomic E-state index is 14.4. The summed E-state index contributed by atoms with van der Waals surface area (Å²) < 4.78 is 14.4. The molecule has 2 nitrogen and oxygen atoms in total. The second-order valence-electron chi connectivity index (χ2n) is 6.01. The second-order valence-corrected chi connectivity index (χ2v) is 6.01. The van der Waals surface area contributed by atoms with Crippen molar-refractivity contribution >= 4 is 5.69 Å². The van der Waals surface area contributed by atoms with Crippen LogP contribution in [0.15, 0.2) is 18.2 Å². The van der Waals surface area contributed by atoms with Crippen LogP contribution < -0.4 is 10.2 Å². The molecule has 20 heavy (non-hydrogen) atoms. The minimum atomic E-state index is -0.0817. The predicted molar refractivity (Wildman–Crippen MR) is 83.7 cm³/mol. The van der Waals surface area contributed by atoms with Gasteiger partial charge in [-0.1, -0.05) is 19.9 Å². The van der Waals surface area contributed by atoms with E-state index in [-0.39, 0.29) is 11.9 Å². The van der Waals surface area contributed by atoms with Crippen LogP contribution in [0.25, 0.3) is 0 Å². The molecule has 1 aromatic rings. The summed E-state index contributed by atoms with van der Waals surface area (Å²) in [6.07, 6.45) is 3.58. The Morgan fingerprint density at radius 1 is 1.35 bits per heavy atom. The molecule has 0 saturated carbocycles. The van der Waals surface area contributed by atoms with Gasteiger partial charge < -0.3 is 10.2 Å². The van der Waals surface area contributed by atoms with Gasteiger partial charge in [0.2, 0.25) is 0 Å². The van der Waals surface area contributed by atoms with E-state index in [2.05, 4.69) is 37.1 Å². The van der Waals surface area contributed by atoms with Gasteiger partial charge in [0.15, 0.2) is 0 Å². The van der Waals surface area contributed by atoms with Crippen molar-refractivity contribution in [1.82, 2.24) is 5.32 Å². The van der Waals surface area contributed by atoms with Crippen LogP contribution in [0.2, 0.25) is 0 Å². The molecule has 2 atom stereocenters. The van der Waals surface area contributed by atoms with Crippen molar-refractivity contribution in [2.45, 2.75) is 46.1 Å². The summed E-state index contributed by atoms with van der Waals surface area (Å²) in [5, 5.41) is 3.32. The van der Waals surface area contributed by atoms with E-state index in [1.807, 2.05) is 6.07 Å². The maximum absolute atomic E-state index is 14.4. The fraction of sp³-hybridized carbons (Fsp3) is 0.647. The Balaban J connectivity index is 2.12. The molecule has 0 bridgehead atoms. The lowest BCUT2D eigenvalue weighted by atomic mass is 10.0. The van der Waals surface area contributed by atoms with Crippen molar-refractivity contribution in [2.75, 3.05) is 24.5 Å². The Bertz CT molecular complexity index is 433. The number of hydrogen-bond acceptors (Lipinski definition) is 2. The van der Waals surface area contributed by atoms with E-state index in [4.69, 9.17) is 0 Å². The SMILES string of the molecule is CCNC(C)c1ccc(N2CCCC(C)CC2)c(F)c1. The Hall–Kier alpha value is -1.09. The molecule has 1 aliphatic heterocycles. The van der Waals surface area contributed by atoms with Gasteiger partial charge in [-0.05, 0) is 56.3 Å². The van der Waals surface area contributed by atoms with Gasteiger partial charge in [-0.2, -0.15) is 0 Å². The fourth-order valence-corrected chi connectivity index (χ4v) is 2.98. The second kappa shape index (κ2) is 7.07. The number of nitrogens with one attached hydrogen (secondary N) is 1. The van der Waals surface area contributed by atoms with Gasteiger partial charge in [0.25, 0.3) is 0 Å². The molecule has 0 aromatic heterocycles. The minimum Gasteiger partial charge on any atom is -0.369 e. The first-order valence-corrected chi connectivity index (χ1v) is 7.89. The van der Waals surface area contributed by atoms with E-state index >= 15 is 0 Å². The van der Waals surface area contributed by atoms with Crippen LogP contribution in [0.1, 0.15) is 51.6 Å². The Kier molecular flexibility index (Phi) is 5.41. The third-order valence-corrected chi connectivity index (χ3v) is 4.34. The molecule has 1 aliphatic rings. The molecule has 2 unspecified atom stereocenters. The molecular formula is C17H27FN2. The fourth-order valence-electron chi connectivity index (χ4n) is 2.98. The summed E-state index contributed by atoms with van der Waals surface area (Å²) in [6.45, 7) is 9.28. The summed E-state index contributed by atoms with van der Waals surface area (Å²) in [6, 6.07) is 5.90. The van der Waals surface area contributed by atoms with Gasteiger partial charge in [-0.3, -0.25) is 0 Å². The van der Waals surface area contributed by atoms with Gasteiger partial charge in [0, 0.05) is 19.1 Å². The zero-order valence-electron chi connectivity index (χ0n) is 13.0. The van der Waals surface area contributed by atoms with Crippen LogP contribution in [0.3, 0.4) is 0 Å². The standard InChI is InChI=1S/C17H27FN2/c1-4-19-14(3)15-7-8-17(16(18)12-15)20-10-5-6-13(2)9-11-20/h7-8,12-14,19H,4-6,9-11H2,1-3H3. The smallest absolute Gasteiger partial charge is 0.146 e. The highest BCUT2D eigenvalue weighted by molar-refractivity contribution is 5.49. The monoisotopic (exact) mass is 278 g/mol. The number of benzene rings is 1. The largest absolute Gasteiger partial charge is 0.369 e. The molecule has 0 radical (unpaired) electrons. The highest BCUT2D eigenvalue weighted by Gasteiger charge is 2.17. The third-order valence-electron chi connectivity index (χ3n) is 4.34. The summed E-state index contributed by atoms with van der Waals surface area (Å²) >= 11 is 0. The number of anilines is 1. The molecule has 3 heteroatoms. The van der Waals surface area contributed by atoms with Crippen molar-refractivity contribution in [3.05, 3.63) is 29.6 Å².